The van der Waals surface area contributed by atoms with E-state index in [2.05, 4.69) is 55.2 Å². The Hall–Kier alpha value is -4.28. The monoisotopic (exact) mass is 844 g/mol. The molecule has 2 amide bonds. The lowest BCUT2D eigenvalue weighted by atomic mass is 9.68. The smallest absolute Gasteiger partial charge is 0.286 e. The Bertz CT molecular complexity index is 2210. The van der Waals surface area contributed by atoms with Crippen molar-refractivity contribution in [2.24, 2.45) is 29.2 Å². The fourth-order valence-electron chi connectivity index (χ4n) is 9.83. The van der Waals surface area contributed by atoms with Crippen LogP contribution in [0.1, 0.15) is 70.0 Å². The predicted molar refractivity (Wildman–Crippen MR) is 229 cm³/mol. The molecule has 5 aliphatic rings. The molecule has 60 heavy (non-hydrogen) atoms. The summed E-state index contributed by atoms with van der Waals surface area (Å²) in [4.78, 5) is 33.0. The number of hydrogen-bond donors (Lipinski definition) is 1. The number of anilines is 1. The van der Waals surface area contributed by atoms with E-state index in [1.807, 2.05) is 25.1 Å². The van der Waals surface area contributed by atoms with Gasteiger partial charge < -0.3 is 28.6 Å². The molecule has 3 aromatic rings. The van der Waals surface area contributed by atoms with Crippen LogP contribution in [0.3, 0.4) is 0 Å². The van der Waals surface area contributed by atoms with Crippen molar-refractivity contribution in [3.8, 4) is 11.6 Å². The number of ether oxygens (including phenoxy) is 5. The Labute approximate surface area is 354 Å². The first kappa shape index (κ1) is 42.4. The number of rotatable bonds is 8. The SMILES string of the molecule is COc1nn(C)cc1C(=O)NS1(=O)=NC(=O)c2ccc3c(c2)N(C[C@@H]2CC[C@H]2[C@@H](OC)/C=C/[C@H](OCCN2CCOCC2)[C@H](C)C1)C[C@@]1(CCCc2cc(C)ccc21)CO3. The number of nitrogens with zero attached hydrogens (tertiary/aromatic N) is 5. The minimum absolute atomic E-state index is 0.0667. The van der Waals surface area contributed by atoms with Gasteiger partial charge in [0.15, 0.2) is 0 Å². The van der Waals surface area contributed by atoms with Crippen molar-refractivity contribution in [2.45, 2.75) is 63.6 Å². The number of amides is 2. The lowest BCUT2D eigenvalue weighted by Gasteiger charge is -2.46. The van der Waals surface area contributed by atoms with Gasteiger partial charge in [0.2, 0.25) is 5.88 Å². The maximum Gasteiger partial charge on any atom is 0.286 e. The molecule has 0 radical (unpaired) electrons. The van der Waals surface area contributed by atoms with Crippen molar-refractivity contribution in [3.05, 3.63) is 82.6 Å². The van der Waals surface area contributed by atoms with Gasteiger partial charge in [-0.1, -0.05) is 42.8 Å². The molecule has 1 unspecified atom stereocenters. The normalized spacial score (nSPS) is 30.2. The van der Waals surface area contributed by atoms with E-state index in [1.165, 1.54) is 34.7 Å². The Kier molecular flexibility index (Phi) is 12.7. The summed E-state index contributed by atoms with van der Waals surface area (Å²) in [5, 5.41) is 4.21. The fourth-order valence-corrected chi connectivity index (χ4v) is 11.7. The maximum atomic E-state index is 15.2. The van der Waals surface area contributed by atoms with Crippen LogP contribution in [0, 0.1) is 24.7 Å². The number of aryl methyl sites for hydroxylation is 3. The van der Waals surface area contributed by atoms with Crippen LogP contribution in [0.5, 0.6) is 11.6 Å². The summed E-state index contributed by atoms with van der Waals surface area (Å²) in [6.45, 7) is 10.2. The topological polar surface area (TPSA) is 146 Å². The number of nitrogens with one attached hydrogen (secondary N) is 1. The van der Waals surface area contributed by atoms with Gasteiger partial charge in [0.05, 0.1) is 57.2 Å². The lowest BCUT2D eigenvalue weighted by molar-refractivity contribution is -0.0000880. The Morgan fingerprint density at radius 3 is 2.67 bits per heavy atom. The minimum atomic E-state index is -3.77. The first-order valence-electron chi connectivity index (χ1n) is 21.4. The minimum Gasteiger partial charge on any atom is -0.490 e. The van der Waals surface area contributed by atoms with Crippen LogP contribution in [-0.2, 0) is 43.0 Å². The van der Waals surface area contributed by atoms with E-state index in [0.717, 1.165) is 64.0 Å². The molecule has 2 aromatic carbocycles. The van der Waals surface area contributed by atoms with Gasteiger partial charge >= 0.3 is 0 Å². The number of carbonyl (C=O) groups is 2. The van der Waals surface area contributed by atoms with E-state index in [0.29, 0.717) is 44.6 Å². The summed E-state index contributed by atoms with van der Waals surface area (Å²) in [5.74, 6) is -0.660. The average molecular weight is 845 g/mol. The summed E-state index contributed by atoms with van der Waals surface area (Å²) in [6.07, 6.45) is 10.1. The van der Waals surface area contributed by atoms with Crippen molar-refractivity contribution < 1.29 is 37.5 Å². The van der Waals surface area contributed by atoms with Crippen molar-refractivity contribution in [3.63, 3.8) is 0 Å². The molecule has 2 bridgehead atoms. The Morgan fingerprint density at radius 2 is 1.90 bits per heavy atom. The molecule has 4 heterocycles. The first-order chi connectivity index (χ1) is 29.0. The summed E-state index contributed by atoms with van der Waals surface area (Å²) in [7, 11) is 1.06. The van der Waals surface area contributed by atoms with Crippen molar-refractivity contribution in [2.75, 3.05) is 84.0 Å². The second kappa shape index (κ2) is 18.0. The highest BCUT2D eigenvalue weighted by molar-refractivity contribution is 7.92. The van der Waals surface area contributed by atoms with Gasteiger partial charge in [-0.15, -0.1) is 9.46 Å². The molecule has 1 aromatic heterocycles. The van der Waals surface area contributed by atoms with Crippen molar-refractivity contribution in [1.82, 2.24) is 19.4 Å². The molecular formula is C45H60N6O8S. The van der Waals surface area contributed by atoms with Gasteiger partial charge in [-0.2, -0.15) is 0 Å². The quantitative estimate of drug-likeness (QED) is 0.302. The van der Waals surface area contributed by atoms with E-state index in [-0.39, 0.29) is 40.2 Å². The summed E-state index contributed by atoms with van der Waals surface area (Å²) < 4.78 is 54.1. The molecule has 7 atom stereocenters. The molecule has 324 valence electrons. The van der Waals surface area contributed by atoms with Crippen LogP contribution >= 0.6 is 0 Å². The lowest BCUT2D eigenvalue weighted by Crippen LogP contribution is -2.49. The van der Waals surface area contributed by atoms with E-state index < -0.39 is 33.8 Å². The second-order valence-corrected chi connectivity index (χ2v) is 19.4. The zero-order valence-electron chi connectivity index (χ0n) is 35.6. The number of aromatic nitrogens is 2. The molecule has 1 spiro atoms. The standard InChI is InChI=1S/C45H60N6O8S/c1-30-8-12-37-32(23-30)7-6-16-45(37)28-51-25-34-9-11-35(34)40(55-4)15-14-39(58-22-19-50-17-20-57-21-18-50)31(2)27-60(54,48-43(53)36-26-49(3)46-44(36)56-5)47-42(52)33-10-13-41(59-29-45)38(51)24-33/h8,10,12-15,23-24,26,31,34-35,39-40H,6-7,9,11,16-22,25,27-29H2,1-5H3,(H,47,48,52,53,54)/b15-14+/t31-,34+,35-,39+,40+,45+,60?/m1/s1. The summed E-state index contributed by atoms with van der Waals surface area (Å²) in [6, 6.07) is 12.2. The van der Waals surface area contributed by atoms with Crippen molar-refractivity contribution >= 4 is 27.4 Å². The van der Waals surface area contributed by atoms with Crippen LogP contribution in [0.4, 0.5) is 5.69 Å². The van der Waals surface area contributed by atoms with Gasteiger partial charge in [-0.25, -0.2) is 4.21 Å². The van der Waals surface area contributed by atoms with Crippen LogP contribution in [0.2, 0.25) is 0 Å². The van der Waals surface area contributed by atoms with Gasteiger partial charge in [-0.05, 0) is 80.2 Å². The molecule has 8 rings (SSSR count). The van der Waals surface area contributed by atoms with Crippen LogP contribution in [0.25, 0.3) is 0 Å². The third-order valence-corrected chi connectivity index (χ3v) is 15.1. The highest BCUT2D eigenvalue weighted by Crippen LogP contribution is 2.47. The highest BCUT2D eigenvalue weighted by Gasteiger charge is 2.44. The second-order valence-electron chi connectivity index (χ2n) is 17.4. The summed E-state index contributed by atoms with van der Waals surface area (Å²) >= 11 is 0. The Balaban J connectivity index is 1.19. The zero-order valence-corrected chi connectivity index (χ0v) is 36.4. The average Bonchev–Trinajstić information content (AvgIpc) is 3.54. The highest BCUT2D eigenvalue weighted by atomic mass is 32.2. The van der Waals surface area contributed by atoms with E-state index >= 15 is 4.21 Å². The Morgan fingerprint density at radius 1 is 1.08 bits per heavy atom. The van der Waals surface area contributed by atoms with Crippen LogP contribution in [-0.4, -0.2) is 122 Å². The number of methoxy groups -OCH3 is 2. The third-order valence-electron chi connectivity index (χ3n) is 13.2. The van der Waals surface area contributed by atoms with E-state index in [4.69, 9.17) is 23.7 Å². The molecule has 3 aliphatic heterocycles. The number of morpholine rings is 1. The zero-order chi connectivity index (χ0) is 42.0. The van der Waals surface area contributed by atoms with Gasteiger partial charge in [0.25, 0.3) is 11.8 Å². The number of benzene rings is 2. The number of fused-ring (bicyclic) bond motifs is 4. The molecule has 2 fully saturated rings. The van der Waals surface area contributed by atoms with E-state index in [1.54, 1.807) is 20.2 Å². The number of hydrogen-bond acceptors (Lipinski definition) is 11. The van der Waals surface area contributed by atoms with Crippen LogP contribution < -0.4 is 19.1 Å². The first-order valence-corrected chi connectivity index (χ1v) is 23.1. The van der Waals surface area contributed by atoms with Gasteiger partial charge in [0.1, 0.15) is 21.2 Å². The largest absolute Gasteiger partial charge is 0.490 e. The van der Waals surface area contributed by atoms with Crippen LogP contribution in [0.15, 0.2) is 59.1 Å². The maximum absolute atomic E-state index is 15.2. The predicted octanol–water partition coefficient (Wildman–Crippen LogP) is 5.13. The molecule has 1 saturated carbocycles. The summed E-state index contributed by atoms with van der Waals surface area (Å²) in [5.41, 5.74) is 4.87. The molecule has 1 N–H and O–H groups in total. The van der Waals surface area contributed by atoms with E-state index in [9.17, 15) is 9.59 Å². The number of carbonyl (C=O) groups excluding carboxylic acids is 2. The third kappa shape index (κ3) is 9.01. The van der Waals surface area contributed by atoms with Crippen molar-refractivity contribution in [1.29, 1.82) is 0 Å². The fraction of sp³-hybridized carbons (Fsp3) is 0.578. The molecule has 2 aliphatic carbocycles. The molecular weight excluding hydrogens is 785 g/mol. The molecule has 1 saturated heterocycles. The van der Waals surface area contributed by atoms with Gasteiger partial charge in [0, 0.05) is 70.0 Å². The molecule has 14 nitrogen and oxygen atoms in total. The van der Waals surface area contributed by atoms with Gasteiger partial charge in [-0.3, -0.25) is 23.9 Å². The molecule has 15 heteroatoms.